The number of hydrogen-bond acceptors (Lipinski definition) is 6. The average Bonchev–Trinajstić information content (AvgIpc) is 3.55. The molecule has 0 unspecified atom stereocenters. The number of benzodiazepines with no additional fused rings is 1. The van der Waals surface area contributed by atoms with Gasteiger partial charge in [-0.05, 0) is 26.0 Å². The lowest BCUT2D eigenvalue weighted by atomic mass is 10.0. The molecule has 0 spiro atoms. The second-order valence-electron chi connectivity index (χ2n) is 9.29. The molecule has 0 saturated heterocycles. The summed E-state index contributed by atoms with van der Waals surface area (Å²) in [5, 5.41) is 14.3. The quantitative estimate of drug-likeness (QED) is 0.363. The van der Waals surface area contributed by atoms with E-state index in [0.717, 1.165) is 0 Å². The van der Waals surface area contributed by atoms with E-state index < -0.39 is 23.8 Å². The predicted molar refractivity (Wildman–Crippen MR) is 143 cm³/mol. The number of carbonyl (C=O) groups excluding carboxylic acids is 2. The number of rotatable bonds is 5. The molecule has 0 fully saturated rings. The molecule has 0 bridgehead atoms. The van der Waals surface area contributed by atoms with Crippen molar-refractivity contribution in [1.82, 2.24) is 29.7 Å². The second kappa shape index (κ2) is 9.60. The predicted octanol–water partition coefficient (Wildman–Crippen LogP) is 3.86. The van der Waals surface area contributed by atoms with E-state index in [4.69, 9.17) is 0 Å². The molecule has 0 aliphatic carbocycles. The number of benzene rings is 2. The van der Waals surface area contributed by atoms with E-state index in [2.05, 4.69) is 30.8 Å². The van der Waals surface area contributed by atoms with Crippen molar-refractivity contribution in [2.45, 2.75) is 26.1 Å². The zero-order valence-corrected chi connectivity index (χ0v) is 21.0. The van der Waals surface area contributed by atoms with E-state index in [1.54, 1.807) is 47.7 Å². The van der Waals surface area contributed by atoms with Gasteiger partial charge in [0.2, 0.25) is 6.17 Å². The molecule has 4 heterocycles. The number of para-hydroxylation sites is 1. The number of anilines is 1. The van der Waals surface area contributed by atoms with Crippen LogP contribution in [0.2, 0.25) is 0 Å². The Labute approximate surface area is 222 Å². The highest BCUT2D eigenvalue weighted by atomic mass is 19.1. The number of amides is 2. The third-order valence-corrected chi connectivity index (χ3v) is 6.36. The lowest BCUT2D eigenvalue weighted by molar-refractivity contribution is -0.117. The number of nitrogens with zero attached hydrogens (tertiary/aromatic N) is 6. The minimum atomic E-state index is -1.36. The summed E-state index contributed by atoms with van der Waals surface area (Å²) in [4.78, 5) is 36.0. The van der Waals surface area contributed by atoms with Crippen molar-refractivity contribution in [3.05, 3.63) is 102 Å². The smallest absolute Gasteiger partial charge is 0.269 e. The van der Waals surface area contributed by atoms with Gasteiger partial charge in [-0.15, -0.1) is 0 Å². The van der Waals surface area contributed by atoms with Crippen molar-refractivity contribution in [3.8, 4) is 11.3 Å². The number of halogens is 1. The van der Waals surface area contributed by atoms with Gasteiger partial charge in [0, 0.05) is 41.3 Å². The molecular weight excluding hydrogens is 499 g/mol. The largest absolute Gasteiger partial charge is 0.322 e. The zero-order valence-electron chi connectivity index (χ0n) is 21.0. The number of carbonyl (C=O) groups is 2. The van der Waals surface area contributed by atoms with Gasteiger partial charge in [0.25, 0.3) is 11.8 Å². The Morgan fingerprint density at radius 1 is 1.08 bits per heavy atom. The average molecular weight is 523 g/mol. The van der Waals surface area contributed by atoms with Crippen LogP contribution >= 0.6 is 0 Å². The molecule has 39 heavy (non-hydrogen) atoms. The number of fused-ring (bicyclic) bond motifs is 2. The van der Waals surface area contributed by atoms with Crippen molar-refractivity contribution < 1.29 is 14.0 Å². The van der Waals surface area contributed by atoms with E-state index in [-0.39, 0.29) is 17.3 Å². The summed E-state index contributed by atoms with van der Waals surface area (Å²) < 4.78 is 18.1. The first-order valence-corrected chi connectivity index (χ1v) is 12.3. The maximum Gasteiger partial charge on any atom is 0.269 e. The molecular formula is C28H23FN8O2. The summed E-state index contributed by atoms with van der Waals surface area (Å²) in [7, 11) is 0. The zero-order chi connectivity index (χ0) is 27.1. The van der Waals surface area contributed by atoms with Crippen LogP contribution in [-0.4, -0.2) is 48.1 Å². The van der Waals surface area contributed by atoms with Crippen molar-refractivity contribution in [1.29, 1.82) is 0 Å². The van der Waals surface area contributed by atoms with Crippen LogP contribution < -0.4 is 10.6 Å². The molecule has 1 aliphatic heterocycles. The number of nitrogens with one attached hydrogen (secondary N) is 2. The number of aromatic nitrogens is 5. The highest BCUT2D eigenvalue weighted by molar-refractivity contribution is 6.20. The van der Waals surface area contributed by atoms with Crippen LogP contribution in [0, 0.1) is 5.82 Å². The van der Waals surface area contributed by atoms with Gasteiger partial charge in [0.15, 0.2) is 5.65 Å². The molecule has 11 heteroatoms. The van der Waals surface area contributed by atoms with Crippen molar-refractivity contribution in [2.24, 2.45) is 4.99 Å². The van der Waals surface area contributed by atoms with Gasteiger partial charge in [-0.25, -0.2) is 18.9 Å². The first-order chi connectivity index (χ1) is 18.9. The third-order valence-electron chi connectivity index (χ3n) is 6.36. The Hall–Kier alpha value is -5.19. The summed E-state index contributed by atoms with van der Waals surface area (Å²) >= 11 is 0. The van der Waals surface area contributed by atoms with Crippen molar-refractivity contribution in [3.63, 3.8) is 0 Å². The fraction of sp³-hybridized carbons (Fsp3) is 0.143. The molecule has 5 aromatic rings. The summed E-state index contributed by atoms with van der Waals surface area (Å²) in [5.74, 6) is -1.90. The summed E-state index contributed by atoms with van der Waals surface area (Å²) in [6.45, 7) is 3.98. The van der Waals surface area contributed by atoms with Gasteiger partial charge in [-0.2, -0.15) is 10.2 Å². The molecule has 2 amide bonds. The summed E-state index contributed by atoms with van der Waals surface area (Å²) in [6, 6.07) is 15.4. The maximum absolute atomic E-state index is 14.8. The molecule has 0 radical (unpaired) electrons. The molecule has 0 saturated carbocycles. The number of hydrogen-bond donors (Lipinski definition) is 2. The van der Waals surface area contributed by atoms with E-state index in [9.17, 15) is 14.0 Å². The van der Waals surface area contributed by atoms with Gasteiger partial charge < -0.3 is 10.6 Å². The van der Waals surface area contributed by atoms with Crippen LogP contribution in [0.3, 0.4) is 0 Å². The molecule has 2 aromatic carbocycles. The lowest BCUT2D eigenvalue weighted by Crippen LogP contribution is -2.42. The molecule has 1 atom stereocenters. The molecule has 1 aliphatic rings. The number of aliphatic imine (C=N–C) groups is 1. The van der Waals surface area contributed by atoms with Crippen LogP contribution in [0.15, 0.2) is 84.4 Å². The summed E-state index contributed by atoms with van der Waals surface area (Å²) in [6.07, 6.45) is 5.30. The normalized spacial score (nSPS) is 15.0. The molecule has 3 aromatic heterocycles. The fourth-order valence-corrected chi connectivity index (χ4v) is 4.46. The molecule has 6 rings (SSSR count). The highest BCUT2D eigenvalue weighted by Crippen LogP contribution is 2.28. The van der Waals surface area contributed by atoms with Gasteiger partial charge >= 0.3 is 0 Å². The van der Waals surface area contributed by atoms with E-state index in [1.165, 1.54) is 10.6 Å². The maximum atomic E-state index is 14.8. The summed E-state index contributed by atoms with van der Waals surface area (Å²) in [5.41, 5.74) is 2.88. The Bertz CT molecular complexity index is 1760. The third kappa shape index (κ3) is 4.33. The fourth-order valence-electron chi connectivity index (χ4n) is 4.46. The standard InChI is InChI=1S/C28H23FN8O2/c1-16(2)37-15-18(14-31-37)23-21(26-30-12-7-13-36(26)35-23)27(38)34-25-28(39)33-24-19(10-6-11-20(24)29)22(32-25)17-8-4-3-5-9-17/h3-16,25H,1-2H3,(H,33,39)(H,34,38)/t25-/m1/s1. The van der Waals surface area contributed by atoms with Crippen LogP contribution in [0.25, 0.3) is 16.9 Å². The Balaban J connectivity index is 1.44. The van der Waals surface area contributed by atoms with Crippen LogP contribution in [-0.2, 0) is 4.79 Å². The molecule has 2 N–H and O–H groups in total. The second-order valence-corrected chi connectivity index (χ2v) is 9.29. The molecule has 194 valence electrons. The SMILES string of the molecule is CC(C)n1cc(-c2nn3cccnc3c2C(=O)N[C@H]2N=C(c3ccccc3)c3cccc(F)c3NC2=O)cn1. The molecule has 10 nitrogen and oxygen atoms in total. The van der Waals surface area contributed by atoms with E-state index in [1.807, 2.05) is 44.2 Å². The highest BCUT2D eigenvalue weighted by Gasteiger charge is 2.31. The van der Waals surface area contributed by atoms with E-state index >= 15 is 0 Å². The van der Waals surface area contributed by atoms with Crippen molar-refractivity contribution in [2.75, 3.05) is 5.32 Å². The van der Waals surface area contributed by atoms with Crippen LogP contribution in [0.4, 0.5) is 10.1 Å². The topological polar surface area (TPSA) is 119 Å². The first kappa shape index (κ1) is 24.2. The van der Waals surface area contributed by atoms with Crippen LogP contribution in [0.1, 0.15) is 41.4 Å². The van der Waals surface area contributed by atoms with Gasteiger partial charge in [-0.1, -0.05) is 42.5 Å². The Morgan fingerprint density at radius 2 is 1.90 bits per heavy atom. The van der Waals surface area contributed by atoms with Crippen LogP contribution in [0.5, 0.6) is 0 Å². The van der Waals surface area contributed by atoms with Gasteiger partial charge in [0.05, 0.1) is 17.6 Å². The van der Waals surface area contributed by atoms with Crippen molar-refractivity contribution >= 4 is 28.9 Å². The monoisotopic (exact) mass is 522 g/mol. The minimum absolute atomic E-state index is 0.00119. The van der Waals surface area contributed by atoms with Gasteiger partial charge in [-0.3, -0.25) is 14.3 Å². The Kier molecular flexibility index (Phi) is 5.95. The minimum Gasteiger partial charge on any atom is -0.322 e. The van der Waals surface area contributed by atoms with E-state index in [0.29, 0.717) is 33.7 Å². The first-order valence-electron chi connectivity index (χ1n) is 12.3. The Morgan fingerprint density at radius 3 is 2.67 bits per heavy atom. The van der Waals surface area contributed by atoms with Gasteiger partial charge in [0.1, 0.15) is 17.1 Å². The lowest BCUT2D eigenvalue weighted by Gasteiger charge is -2.13.